The minimum Gasteiger partial charge on any atom is -0.369 e. The van der Waals surface area contributed by atoms with E-state index in [2.05, 4.69) is 9.88 Å². The third kappa shape index (κ3) is 3.07. The van der Waals surface area contributed by atoms with E-state index in [-0.39, 0.29) is 11.8 Å². The van der Waals surface area contributed by atoms with Crippen LogP contribution in [0.1, 0.15) is 12.8 Å². The van der Waals surface area contributed by atoms with E-state index in [0.717, 1.165) is 36.3 Å². The Bertz CT molecular complexity index is 675. The molecular weight excluding hydrogens is 298 g/mol. The lowest BCUT2D eigenvalue weighted by molar-refractivity contribution is -0.122. The number of hydrogen-bond acceptors (Lipinski definition) is 3. The summed E-state index contributed by atoms with van der Waals surface area (Å²) < 4.78 is 0. The summed E-state index contributed by atoms with van der Waals surface area (Å²) in [6, 6.07) is 12.0. The Balaban J connectivity index is 1.91. The van der Waals surface area contributed by atoms with Gasteiger partial charge in [0.15, 0.2) is 0 Å². The second-order valence-electron chi connectivity index (χ2n) is 5.58. The highest BCUT2D eigenvalue weighted by Gasteiger charge is 2.25. The van der Waals surface area contributed by atoms with Gasteiger partial charge in [-0.25, -0.2) is 4.98 Å². The van der Waals surface area contributed by atoms with E-state index in [1.807, 2.05) is 36.4 Å². The fourth-order valence-corrected chi connectivity index (χ4v) is 3.07. The number of nitrogens with zero attached hydrogens (tertiary/aromatic N) is 2. The molecule has 0 radical (unpaired) electrons. The molecule has 1 aliphatic heterocycles. The van der Waals surface area contributed by atoms with Crippen molar-refractivity contribution in [1.29, 1.82) is 0 Å². The average Bonchev–Trinajstić information content (AvgIpc) is 2.56. The molecule has 22 heavy (non-hydrogen) atoms. The summed E-state index contributed by atoms with van der Waals surface area (Å²) in [5.41, 5.74) is 7.45. The van der Waals surface area contributed by atoms with Crippen LogP contribution in [0.15, 0.2) is 42.6 Å². The Labute approximate surface area is 134 Å². The minimum absolute atomic E-state index is 0.105. The number of primary amides is 1. The summed E-state index contributed by atoms with van der Waals surface area (Å²) in [6.45, 7) is 1.50. The van der Waals surface area contributed by atoms with E-state index in [1.54, 1.807) is 6.20 Å². The van der Waals surface area contributed by atoms with Crippen molar-refractivity contribution in [2.45, 2.75) is 12.8 Å². The number of nitrogens with two attached hydrogens (primary N) is 1. The topological polar surface area (TPSA) is 59.2 Å². The van der Waals surface area contributed by atoms with Crippen LogP contribution in [0, 0.1) is 5.92 Å². The first kappa shape index (κ1) is 14.9. The first-order valence-electron chi connectivity index (χ1n) is 7.40. The predicted molar refractivity (Wildman–Crippen MR) is 88.8 cm³/mol. The zero-order valence-corrected chi connectivity index (χ0v) is 13.0. The van der Waals surface area contributed by atoms with Crippen LogP contribution < -0.4 is 10.6 Å². The molecule has 2 N–H and O–H groups in total. The van der Waals surface area contributed by atoms with Crippen molar-refractivity contribution in [3.05, 3.63) is 47.6 Å². The number of carbonyl (C=O) groups is 1. The molecule has 114 valence electrons. The summed E-state index contributed by atoms with van der Waals surface area (Å²) in [6.07, 6.45) is 3.47. The number of carbonyl (C=O) groups excluding carboxylic acids is 1. The van der Waals surface area contributed by atoms with Gasteiger partial charge < -0.3 is 10.6 Å². The molecule has 0 aliphatic carbocycles. The normalized spacial score (nSPS) is 18.2. The molecule has 5 heteroatoms. The molecule has 1 aliphatic rings. The molecule has 0 spiro atoms. The van der Waals surface area contributed by atoms with Gasteiger partial charge in [0, 0.05) is 24.8 Å². The van der Waals surface area contributed by atoms with Crippen LogP contribution in [0.25, 0.3) is 11.1 Å². The van der Waals surface area contributed by atoms with Gasteiger partial charge in [-0.2, -0.15) is 0 Å². The Morgan fingerprint density at radius 2 is 2.09 bits per heavy atom. The van der Waals surface area contributed by atoms with Crippen LogP contribution in [-0.4, -0.2) is 24.0 Å². The van der Waals surface area contributed by atoms with Crippen molar-refractivity contribution in [1.82, 2.24) is 4.98 Å². The Morgan fingerprint density at radius 3 is 2.82 bits per heavy atom. The van der Waals surface area contributed by atoms with Crippen molar-refractivity contribution in [3.8, 4) is 11.1 Å². The SMILES string of the molecule is NC(=O)[C@@H]1CCCN(c2cc(-c3ccccc3)c(Cl)cn2)C1. The molecule has 1 aromatic heterocycles. The summed E-state index contributed by atoms with van der Waals surface area (Å²) in [5, 5.41) is 0.624. The fraction of sp³-hybridized carbons (Fsp3) is 0.294. The monoisotopic (exact) mass is 315 g/mol. The van der Waals surface area contributed by atoms with Crippen LogP contribution in [-0.2, 0) is 4.79 Å². The fourth-order valence-electron chi connectivity index (χ4n) is 2.86. The first-order chi connectivity index (χ1) is 10.6. The smallest absolute Gasteiger partial charge is 0.222 e. The number of hydrogen-bond donors (Lipinski definition) is 1. The molecule has 1 aromatic carbocycles. The van der Waals surface area contributed by atoms with E-state index >= 15 is 0 Å². The lowest BCUT2D eigenvalue weighted by Crippen LogP contribution is -2.41. The van der Waals surface area contributed by atoms with Gasteiger partial charge in [-0.15, -0.1) is 0 Å². The number of amides is 1. The lowest BCUT2D eigenvalue weighted by atomic mass is 9.97. The molecule has 2 aromatic rings. The molecule has 1 atom stereocenters. The van der Waals surface area contributed by atoms with Crippen LogP contribution in [0.4, 0.5) is 5.82 Å². The second kappa shape index (κ2) is 6.36. The van der Waals surface area contributed by atoms with Gasteiger partial charge in [0.05, 0.1) is 10.9 Å². The van der Waals surface area contributed by atoms with Gasteiger partial charge in [0.1, 0.15) is 5.82 Å². The molecule has 0 saturated carbocycles. The molecule has 1 saturated heterocycles. The largest absolute Gasteiger partial charge is 0.369 e. The molecule has 0 unspecified atom stereocenters. The number of benzene rings is 1. The van der Waals surface area contributed by atoms with Gasteiger partial charge in [-0.1, -0.05) is 41.9 Å². The molecule has 1 fully saturated rings. The molecular formula is C17H18ClN3O. The molecule has 4 nitrogen and oxygen atoms in total. The highest BCUT2D eigenvalue weighted by molar-refractivity contribution is 6.33. The Kier molecular flexibility index (Phi) is 4.29. The van der Waals surface area contributed by atoms with E-state index in [9.17, 15) is 4.79 Å². The van der Waals surface area contributed by atoms with Gasteiger partial charge in [-0.3, -0.25) is 4.79 Å². The number of halogens is 1. The minimum atomic E-state index is -0.234. The van der Waals surface area contributed by atoms with Gasteiger partial charge in [-0.05, 0) is 24.5 Å². The zero-order chi connectivity index (χ0) is 15.5. The summed E-state index contributed by atoms with van der Waals surface area (Å²) >= 11 is 6.29. The van der Waals surface area contributed by atoms with Crippen molar-refractivity contribution >= 4 is 23.3 Å². The van der Waals surface area contributed by atoms with E-state index in [4.69, 9.17) is 17.3 Å². The first-order valence-corrected chi connectivity index (χ1v) is 7.78. The Hall–Kier alpha value is -2.07. The number of rotatable bonds is 3. The van der Waals surface area contributed by atoms with E-state index < -0.39 is 0 Å². The van der Waals surface area contributed by atoms with Gasteiger partial charge in [0.25, 0.3) is 0 Å². The van der Waals surface area contributed by atoms with E-state index in [1.165, 1.54) is 0 Å². The maximum absolute atomic E-state index is 11.4. The van der Waals surface area contributed by atoms with Crippen molar-refractivity contribution in [3.63, 3.8) is 0 Å². The van der Waals surface area contributed by atoms with Crippen LogP contribution in [0.5, 0.6) is 0 Å². The quantitative estimate of drug-likeness (QED) is 0.946. The third-order valence-electron chi connectivity index (χ3n) is 4.07. The molecule has 0 bridgehead atoms. The van der Waals surface area contributed by atoms with Crippen molar-refractivity contribution in [2.75, 3.05) is 18.0 Å². The summed E-state index contributed by atoms with van der Waals surface area (Å²) in [7, 11) is 0. The van der Waals surface area contributed by atoms with Crippen LogP contribution in [0.3, 0.4) is 0 Å². The van der Waals surface area contributed by atoms with Gasteiger partial charge in [0.2, 0.25) is 5.91 Å². The highest BCUT2D eigenvalue weighted by Crippen LogP contribution is 2.31. The lowest BCUT2D eigenvalue weighted by Gasteiger charge is -2.32. The third-order valence-corrected chi connectivity index (χ3v) is 4.37. The summed E-state index contributed by atoms with van der Waals surface area (Å²) in [5.74, 6) is 0.502. The van der Waals surface area contributed by atoms with Crippen molar-refractivity contribution in [2.24, 2.45) is 11.7 Å². The maximum Gasteiger partial charge on any atom is 0.222 e. The number of piperidine rings is 1. The number of anilines is 1. The molecule has 2 heterocycles. The zero-order valence-electron chi connectivity index (χ0n) is 12.2. The second-order valence-corrected chi connectivity index (χ2v) is 5.98. The highest BCUT2D eigenvalue weighted by atomic mass is 35.5. The summed E-state index contributed by atoms with van der Waals surface area (Å²) in [4.78, 5) is 18.0. The number of aromatic nitrogens is 1. The van der Waals surface area contributed by atoms with Crippen molar-refractivity contribution < 1.29 is 4.79 Å². The van der Waals surface area contributed by atoms with E-state index in [0.29, 0.717) is 11.6 Å². The number of pyridine rings is 1. The molecule has 3 rings (SSSR count). The van der Waals surface area contributed by atoms with Crippen LogP contribution >= 0.6 is 11.6 Å². The molecule has 1 amide bonds. The van der Waals surface area contributed by atoms with Crippen LogP contribution in [0.2, 0.25) is 5.02 Å². The Morgan fingerprint density at radius 1 is 1.32 bits per heavy atom. The standard InChI is InChI=1S/C17H18ClN3O/c18-15-10-20-16(9-14(15)12-5-2-1-3-6-12)21-8-4-7-13(11-21)17(19)22/h1-3,5-6,9-10,13H,4,7-8,11H2,(H2,19,22)/t13-/m1/s1. The van der Waals surface area contributed by atoms with Gasteiger partial charge >= 0.3 is 0 Å². The maximum atomic E-state index is 11.4. The predicted octanol–water partition coefficient (Wildman–Crippen LogP) is 3.10. The average molecular weight is 316 g/mol.